The van der Waals surface area contributed by atoms with E-state index in [1.807, 2.05) is 0 Å². The van der Waals surface area contributed by atoms with Gasteiger partial charge in [-0.1, -0.05) is 34.2 Å². The Balaban J connectivity index is 2.64. The molecule has 0 saturated heterocycles. The maximum Gasteiger partial charge on any atom is 0.0747 e. The topological polar surface area (TPSA) is 38.0 Å². The first-order valence-corrected chi connectivity index (χ1v) is 6.00. The lowest BCUT2D eigenvalue weighted by Crippen LogP contribution is -2.22. The summed E-state index contributed by atoms with van der Waals surface area (Å²) < 4.78 is 1.11. The minimum atomic E-state index is 0.261. The van der Waals surface area contributed by atoms with Crippen LogP contribution in [0.2, 0.25) is 0 Å². The highest BCUT2D eigenvalue weighted by Gasteiger charge is 2.04. The van der Waals surface area contributed by atoms with Crippen molar-refractivity contribution in [3.8, 4) is 0 Å². The van der Waals surface area contributed by atoms with Crippen LogP contribution in [0.1, 0.15) is 18.9 Å². The summed E-state index contributed by atoms with van der Waals surface area (Å²) in [4.78, 5) is 0.543. The highest BCUT2D eigenvalue weighted by molar-refractivity contribution is 9.10. The van der Waals surface area contributed by atoms with Gasteiger partial charge in [-0.3, -0.25) is 0 Å². The number of anilines is 1. The molecule has 15 heavy (non-hydrogen) atoms. The molecule has 1 aromatic rings. The predicted octanol–water partition coefficient (Wildman–Crippen LogP) is 3.23. The van der Waals surface area contributed by atoms with Gasteiger partial charge in [0.15, 0.2) is 0 Å². The van der Waals surface area contributed by atoms with E-state index in [0.717, 1.165) is 10.2 Å². The smallest absolute Gasteiger partial charge is 0.0747 e. The van der Waals surface area contributed by atoms with E-state index in [9.17, 15) is 0 Å². The lowest BCUT2D eigenvalue weighted by atomic mass is 10.2. The SMILES string of the molecule is Cc1ccc(NC(C)CC(N)=S)cc1Br. The number of nitrogens with one attached hydrogen (secondary N) is 1. The minimum absolute atomic E-state index is 0.261. The van der Waals surface area contributed by atoms with Crippen LogP contribution in [0.4, 0.5) is 5.69 Å². The van der Waals surface area contributed by atoms with Crippen LogP contribution in [0.5, 0.6) is 0 Å². The lowest BCUT2D eigenvalue weighted by Gasteiger charge is -2.15. The predicted molar refractivity (Wildman–Crippen MR) is 73.4 cm³/mol. The molecule has 0 aliphatic rings. The van der Waals surface area contributed by atoms with Crippen LogP contribution in [0, 0.1) is 6.92 Å². The molecular formula is C11H15BrN2S. The molecule has 2 nitrogen and oxygen atoms in total. The van der Waals surface area contributed by atoms with Gasteiger partial charge in [0.05, 0.1) is 4.99 Å². The van der Waals surface area contributed by atoms with E-state index in [-0.39, 0.29) is 6.04 Å². The Bertz CT molecular complexity index is 366. The van der Waals surface area contributed by atoms with Gasteiger partial charge >= 0.3 is 0 Å². The largest absolute Gasteiger partial charge is 0.393 e. The fraction of sp³-hybridized carbons (Fsp3) is 0.364. The summed E-state index contributed by atoms with van der Waals surface area (Å²) in [6.45, 7) is 4.12. The van der Waals surface area contributed by atoms with Crippen molar-refractivity contribution >= 4 is 38.8 Å². The number of hydrogen-bond donors (Lipinski definition) is 2. The van der Waals surface area contributed by atoms with Crippen molar-refractivity contribution in [2.24, 2.45) is 5.73 Å². The van der Waals surface area contributed by atoms with Gasteiger partial charge in [-0.05, 0) is 31.5 Å². The van der Waals surface area contributed by atoms with Gasteiger partial charge in [0, 0.05) is 22.6 Å². The maximum absolute atomic E-state index is 5.48. The second-order valence-electron chi connectivity index (χ2n) is 3.68. The second kappa shape index (κ2) is 5.47. The van der Waals surface area contributed by atoms with Gasteiger partial charge in [-0.15, -0.1) is 0 Å². The van der Waals surface area contributed by atoms with Gasteiger partial charge in [0.2, 0.25) is 0 Å². The first kappa shape index (κ1) is 12.5. The summed E-state index contributed by atoms with van der Waals surface area (Å²) in [5, 5.41) is 3.34. The van der Waals surface area contributed by atoms with Gasteiger partial charge in [-0.2, -0.15) is 0 Å². The zero-order valence-electron chi connectivity index (χ0n) is 8.88. The lowest BCUT2D eigenvalue weighted by molar-refractivity contribution is 0.839. The van der Waals surface area contributed by atoms with Crippen molar-refractivity contribution in [3.05, 3.63) is 28.2 Å². The molecule has 1 aromatic carbocycles. The Kier molecular flexibility index (Phi) is 4.54. The number of rotatable bonds is 4. The first-order valence-electron chi connectivity index (χ1n) is 4.80. The Morgan fingerprint density at radius 3 is 2.80 bits per heavy atom. The molecule has 0 aliphatic carbocycles. The third-order valence-electron chi connectivity index (χ3n) is 2.09. The van der Waals surface area contributed by atoms with Gasteiger partial charge in [0.1, 0.15) is 0 Å². The zero-order valence-corrected chi connectivity index (χ0v) is 11.3. The number of nitrogens with two attached hydrogens (primary N) is 1. The van der Waals surface area contributed by atoms with Crippen LogP contribution < -0.4 is 11.1 Å². The molecule has 0 spiro atoms. The molecule has 0 heterocycles. The molecule has 4 heteroatoms. The van der Waals surface area contributed by atoms with E-state index < -0.39 is 0 Å². The third kappa shape index (κ3) is 4.18. The van der Waals surface area contributed by atoms with Crippen molar-refractivity contribution in [2.75, 3.05) is 5.32 Å². The van der Waals surface area contributed by atoms with Gasteiger partial charge < -0.3 is 11.1 Å². The van der Waals surface area contributed by atoms with Gasteiger partial charge in [0.25, 0.3) is 0 Å². The Hall–Kier alpha value is -0.610. The normalized spacial score (nSPS) is 12.2. The van der Waals surface area contributed by atoms with Crippen molar-refractivity contribution in [2.45, 2.75) is 26.3 Å². The first-order chi connectivity index (χ1) is 6.99. The number of thiocarbonyl (C=S) groups is 1. The highest BCUT2D eigenvalue weighted by atomic mass is 79.9. The fourth-order valence-electron chi connectivity index (χ4n) is 1.32. The van der Waals surface area contributed by atoms with Crippen LogP contribution in [0.15, 0.2) is 22.7 Å². The molecule has 0 bridgehead atoms. The standard InChI is InChI=1S/C11H15BrN2S/c1-7-3-4-9(6-10(7)12)14-8(2)5-11(13)15/h3-4,6,8,14H,5H2,1-2H3,(H2,13,15). The minimum Gasteiger partial charge on any atom is -0.393 e. The van der Waals surface area contributed by atoms with E-state index in [2.05, 4.69) is 53.3 Å². The van der Waals surface area contributed by atoms with Crippen LogP contribution in [-0.2, 0) is 0 Å². The molecule has 0 fully saturated rings. The molecular weight excluding hydrogens is 272 g/mol. The molecule has 3 N–H and O–H groups in total. The summed E-state index contributed by atoms with van der Waals surface area (Å²) >= 11 is 8.36. The number of halogens is 1. The average molecular weight is 287 g/mol. The van der Waals surface area contributed by atoms with E-state index in [1.54, 1.807) is 0 Å². The summed E-state index contributed by atoms with van der Waals surface area (Å²) in [7, 11) is 0. The Labute approximate surface area is 104 Å². The quantitative estimate of drug-likeness (QED) is 0.835. The molecule has 0 radical (unpaired) electrons. The maximum atomic E-state index is 5.48. The summed E-state index contributed by atoms with van der Waals surface area (Å²) in [5.41, 5.74) is 7.79. The van der Waals surface area contributed by atoms with Crippen molar-refractivity contribution in [3.63, 3.8) is 0 Å². The van der Waals surface area contributed by atoms with E-state index in [4.69, 9.17) is 18.0 Å². The fourth-order valence-corrected chi connectivity index (χ4v) is 1.95. The van der Waals surface area contributed by atoms with Crippen molar-refractivity contribution in [1.29, 1.82) is 0 Å². The molecule has 1 rings (SSSR count). The average Bonchev–Trinajstić information content (AvgIpc) is 2.10. The second-order valence-corrected chi connectivity index (χ2v) is 5.06. The van der Waals surface area contributed by atoms with Crippen LogP contribution in [0.25, 0.3) is 0 Å². The number of hydrogen-bond acceptors (Lipinski definition) is 2. The van der Waals surface area contributed by atoms with Crippen LogP contribution in [0.3, 0.4) is 0 Å². The number of aryl methyl sites for hydroxylation is 1. The summed E-state index contributed by atoms with van der Waals surface area (Å²) in [6.07, 6.45) is 0.709. The van der Waals surface area contributed by atoms with E-state index >= 15 is 0 Å². The molecule has 1 unspecified atom stereocenters. The van der Waals surface area contributed by atoms with Crippen LogP contribution in [-0.4, -0.2) is 11.0 Å². The molecule has 0 amide bonds. The van der Waals surface area contributed by atoms with Crippen molar-refractivity contribution in [1.82, 2.24) is 0 Å². The van der Waals surface area contributed by atoms with Crippen LogP contribution >= 0.6 is 28.1 Å². The number of benzene rings is 1. The summed E-state index contributed by atoms with van der Waals surface area (Å²) in [6, 6.07) is 6.44. The van der Waals surface area contributed by atoms with E-state index in [1.165, 1.54) is 5.56 Å². The molecule has 0 saturated carbocycles. The molecule has 0 aromatic heterocycles. The molecule has 1 atom stereocenters. The third-order valence-corrected chi connectivity index (χ3v) is 3.11. The zero-order chi connectivity index (χ0) is 11.4. The Morgan fingerprint density at radius 1 is 1.60 bits per heavy atom. The van der Waals surface area contributed by atoms with Crippen molar-refractivity contribution < 1.29 is 0 Å². The highest BCUT2D eigenvalue weighted by Crippen LogP contribution is 2.21. The Morgan fingerprint density at radius 2 is 2.27 bits per heavy atom. The monoisotopic (exact) mass is 286 g/mol. The molecule has 82 valence electrons. The summed E-state index contributed by atoms with van der Waals surface area (Å²) in [5.74, 6) is 0. The van der Waals surface area contributed by atoms with E-state index in [0.29, 0.717) is 11.4 Å². The van der Waals surface area contributed by atoms with Gasteiger partial charge in [-0.25, -0.2) is 0 Å². The molecule has 0 aliphatic heterocycles.